The predicted molar refractivity (Wildman–Crippen MR) is 138 cm³/mol. The Kier molecular flexibility index (Phi) is 7.22. The smallest absolute Gasteiger partial charge is 0.164 e. The van der Waals surface area contributed by atoms with Gasteiger partial charge in [-0.1, -0.05) is 18.5 Å². The average Bonchev–Trinajstić information content (AvgIpc) is 3.57. The molecule has 3 heterocycles. The van der Waals surface area contributed by atoms with E-state index in [4.69, 9.17) is 35.8 Å². The summed E-state index contributed by atoms with van der Waals surface area (Å²) in [5, 5.41) is 8.54. The van der Waals surface area contributed by atoms with Crippen LogP contribution in [0.1, 0.15) is 37.4 Å². The average molecular weight is 498 g/mol. The first-order valence-electron chi connectivity index (χ1n) is 12.3. The van der Waals surface area contributed by atoms with Crippen LogP contribution in [0.25, 0.3) is 22.3 Å². The molecule has 2 aromatic heterocycles. The first-order valence-corrected chi connectivity index (χ1v) is 12.6. The fraction of sp³-hybridized carbons (Fsp3) is 0.500. The second kappa shape index (κ2) is 10.5. The van der Waals surface area contributed by atoms with Gasteiger partial charge in [0.25, 0.3) is 0 Å². The van der Waals surface area contributed by atoms with E-state index in [0.29, 0.717) is 47.3 Å². The summed E-state index contributed by atoms with van der Waals surface area (Å²) in [4.78, 5) is 14.6. The molecule has 35 heavy (non-hydrogen) atoms. The molecule has 2 N–H and O–H groups in total. The third-order valence-electron chi connectivity index (χ3n) is 6.71. The van der Waals surface area contributed by atoms with Crippen LogP contribution in [-0.4, -0.2) is 55.0 Å². The Morgan fingerprint density at radius 3 is 2.63 bits per heavy atom. The molecule has 0 bridgehead atoms. The second-order valence-corrected chi connectivity index (χ2v) is 9.53. The Balaban J connectivity index is 1.58. The van der Waals surface area contributed by atoms with E-state index in [0.717, 1.165) is 59.7 Å². The number of ether oxygens (including phenoxy) is 3. The summed E-state index contributed by atoms with van der Waals surface area (Å²) in [6.45, 7) is 5.18. The zero-order valence-electron chi connectivity index (χ0n) is 20.5. The number of benzene rings is 1. The number of methoxy groups -OCH3 is 2. The van der Waals surface area contributed by atoms with Crippen LogP contribution in [0.2, 0.25) is 5.02 Å². The fourth-order valence-corrected chi connectivity index (χ4v) is 4.82. The highest BCUT2D eigenvalue weighted by atomic mass is 35.5. The number of fused-ring (bicyclic) bond motifs is 1. The van der Waals surface area contributed by atoms with E-state index < -0.39 is 0 Å². The van der Waals surface area contributed by atoms with Crippen molar-refractivity contribution in [2.24, 2.45) is 5.92 Å². The lowest BCUT2D eigenvalue weighted by molar-refractivity contribution is 0.189. The molecule has 1 atom stereocenters. The standard InChI is InChI=1S/C26H32ClN5O3/c1-4-18-21(33-2)10-22(34-3)24(27)23(18)26-31-20-13-29-17(12-28-16-7-8-35-14-16)9-19(20)25(32-26)30-11-15-5-6-15/h9-10,13,15-16,28H,4-8,11-12,14H2,1-3H3,(H,30,31,32)/t16-/m0/s1. The minimum Gasteiger partial charge on any atom is -0.496 e. The number of hydrogen-bond acceptors (Lipinski definition) is 8. The van der Waals surface area contributed by atoms with Gasteiger partial charge in [0.2, 0.25) is 0 Å². The molecule has 1 aromatic carbocycles. The molecule has 1 aliphatic carbocycles. The molecule has 2 aliphatic rings. The minimum atomic E-state index is 0.372. The van der Waals surface area contributed by atoms with Crippen molar-refractivity contribution in [3.63, 3.8) is 0 Å². The molecule has 0 spiro atoms. The third kappa shape index (κ3) is 5.15. The lowest BCUT2D eigenvalue weighted by atomic mass is 10.0. The van der Waals surface area contributed by atoms with Crippen LogP contribution < -0.4 is 20.1 Å². The highest BCUT2D eigenvalue weighted by molar-refractivity contribution is 6.35. The van der Waals surface area contributed by atoms with Gasteiger partial charge < -0.3 is 24.8 Å². The van der Waals surface area contributed by atoms with Crippen molar-refractivity contribution < 1.29 is 14.2 Å². The summed E-state index contributed by atoms with van der Waals surface area (Å²) in [5.74, 6) is 3.26. The van der Waals surface area contributed by atoms with Crippen molar-refractivity contribution in [2.75, 3.05) is 39.3 Å². The zero-order chi connectivity index (χ0) is 24.4. The summed E-state index contributed by atoms with van der Waals surface area (Å²) in [6.07, 6.45) is 6.06. The Morgan fingerprint density at radius 2 is 1.94 bits per heavy atom. The van der Waals surface area contributed by atoms with Crippen LogP contribution in [0.15, 0.2) is 18.3 Å². The van der Waals surface area contributed by atoms with Crippen LogP contribution in [0, 0.1) is 5.92 Å². The van der Waals surface area contributed by atoms with E-state index in [2.05, 4.69) is 28.6 Å². The summed E-state index contributed by atoms with van der Waals surface area (Å²) in [7, 11) is 3.24. The maximum absolute atomic E-state index is 6.81. The largest absolute Gasteiger partial charge is 0.496 e. The molecule has 1 aliphatic heterocycles. The van der Waals surface area contributed by atoms with E-state index in [9.17, 15) is 0 Å². The van der Waals surface area contributed by atoms with E-state index in [1.54, 1.807) is 14.2 Å². The zero-order valence-corrected chi connectivity index (χ0v) is 21.2. The lowest BCUT2D eigenvalue weighted by Gasteiger charge is -2.18. The van der Waals surface area contributed by atoms with E-state index >= 15 is 0 Å². The predicted octanol–water partition coefficient (Wildman–Crippen LogP) is 4.63. The molecule has 2 fully saturated rings. The summed E-state index contributed by atoms with van der Waals surface area (Å²) in [6, 6.07) is 4.26. The summed E-state index contributed by atoms with van der Waals surface area (Å²) >= 11 is 6.81. The molecular weight excluding hydrogens is 466 g/mol. The van der Waals surface area contributed by atoms with Gasteiger partial charge in [-0.2, -0.15) is 0 Å². The number of halogens is 1. The number of anilines is 1. The highest BCUT2D eigenvalue weighted by Crippen LogP contribution is 2.43. The number of nitrogens with one attached hydrogen (secondary N) is 2. The molecule has 1 saturated heterocycles. The van der Waals surface area contributed by atoms with Crippen molar-refractivity contribution >= 4 is 28.3 Å². The molecule has 0 amide bonds. The number of nitrogens with zero attached hydrogens (tertiary/aromatic N) is 3. The van der Waals surface area contributed by atoms with Crippen LogP contribution >= 0.6 is 11.6 Å². The van der Waals surface area contributed by atoms with Gasteiger partial charge >= 0.3 is 0 Å². The van der Waals surface area contributed by atoms with Gasteiger partial charge in [-0.25, -0.2) is 9.97 Å². The molecule has 0 radical (unpaired) electrons. The SMILES string of the molecule is CCc1c(OC)cc(OC)c(Cl)c1-c1nc(NCC2CC2)c2cc(CN[C@H]3CCOC3)ncc2n1. The fourth-order valence-electron chi connectivity index (χ4n) is 4.49. The van der Waals surface area contributed by atoms with Gasteiger partial charge in [0, 0.05) is 48.3 Å². The quantitative estimate of drug-likeness (QED) is 0.419. The van der Waals surface area contributed by atoms with Gasteiger partial charge in [-0.05, 0) is 37.7 Å². The van der Waals surface area contributed by atoms with Gasteiger partial charge in [0.15, 0.2) is 5.82 Å². The molecule has 5 rings (SSSR count). The van der Waals surface area contributed by atoms with Crippen LogP contribution in [0.3, 0.4) is 0 Å². The number of aromatic nitrogens is 3. The van der Waals surface area contributed by atoms with Crippen molar-refractivity contribution in [2.45, 2.75) is 45.2 Å². The maximum atomic E-state index is 6.81. The van der Waals surface area contributed by atoms with E-state index in [-0.39, 0.29) is 0 Å². The molecule has 1 saturated carbocycles. The van der Waals surface area contributed by atoms with Crippen LogP contribution in [0.5, 0.6) is 11.5 Å². The van der Waals surface area contributed by atoms with E-state index in [1.165, 1.54) is 12.8 Å². The van der Waals surface area contributed by atoms with Gasteiger partial charge in [-0.15, -0.1) is 0 Å². The highest BCUT2D eigenvalue weighted by Gasteiger charge is 2.24. The van der Waals surface area contributed by atoms with Gasteiger partial charge in [0.1, 0.15) is 17.3 Å². The normalized spacial score (nSPS) is 17.7. The van der Waals surface area contributed by atoms with Gasteiger partial charge in [0.05, 0.1) is 43.3 Å². The number of rotatable bonds is 10. The molecule has 0 unspecified atom stereocenters. The first-order chi connectivity index (χ1) is 17.1. The summed E-state index contributed by atoms with van der Waals surface area (Å²) < 4.78 is 16.6. The van der Waals surface area contributed by atoms with Crippen molar-refractivity contribution in [1.29, 1.82) is 0 Å². The summed E-state index contributed by atoms with van der Waals surface area (Å²) in [5.41, 5.74) is 3.39. The second-order valence-electron chi connectivity index (χ2n) is 9.16. The Morgan fingerprint density at radius 1 is 1.11 bits per heavy atom. The molecule has 186 valence electrons. The Hall–Kier alpha value is -2.68. The first kappa shape index (κ1) is 24.0. The van der Waals surface area contributed by atoms with Crippen molar-refractivity contribution in [3.05, 3.63) is 34.6 Å². The molecule has 3 aromatic rings. The monoisotopic (exact) mass is 497 g/mol. The molecular formula is C26H32ClN5O3. The Bertz CT molecular complexity index is 1210. The topological polar surface area (TPSA) is 90.4 Å². The van der Waals surface area contributed by atoms with Crippen molar-refractivity contribution in [3.8, 4) is 22.9 Å². The van der Waals surface area contributed by atoms with Crippen LogP contribution in [-0.2, 0) is 17.7 Å². The number of hydrogen-bond donors (Lipinski definition) is 2. The van der Waals surface area contributed by atoms with Gasteiger partial charge in [-0.3, -0.25) is 4.98 Å². The van der Waals surface area contributed by atoms with Crippen LogP contribution in [0.4, 0.5) is 5.82 Å². The number of pyridine rings is 1. The Labute approximate surface area is 210 Å². The lowest BCUT2D eigenvalue weighted by Crippen LogP contribution is -2.28. The van der Waals surface area contributed by atoms with Crippen molar-refractivity contribution in [1.82, 2.24) is 20.3 Å². The molecule has 9 heteroatoms. The maximum Gasteiger partial charge on any atom is 0.164 e. The molecule has 8 nitrogen and oxygen atoms in total. The third-order valence-corrected chi connectivity index (χ3v) is 7.08. The van der Waals surface area contributed by atoms with E-state index in [1.807, 2.05) is 12.3 Å². The minimum absolute atomic E-state index is 0.372.